The highest BCUT2D eigenvalue weighted by molar-refractivity contribution is 7.89. The van der Waals surface area contributed by atoms with Crippen LogP contribution < -0.4 is 10.1 Å². The predicted molar refractivity (Wildman–Crippen MR) is 126 cm³/mol. The lowest BCUT2D eigenvalue weighted by molar-refractivity contribution is -0.115. The van der Waals surface area contributed by atoms with E-state index in [4.69, 9.17) is 20.9 Å². The molecule has 0 aliphatic heterocycles. The number of aromatic nitrogens is 1. The summed E-state index contributed by atoms with van der Waals surface area (Å²) < 4.78 is 38.4. The summed E-state index contributed by atoms with van der Waals surface area (Å²) in [6.45, 7) is 7.68. The number of ether oxygens (including phenoxy) is 1. The van der Waals surface area contributed by atoms with E-state index in [1.807, 2.05) is 0 Å². The van der Waals surface area contributed by atoms with Gasteiger partial charge in [0.25, 0.3) is 0 Å². The third-order valence-electron chi connectivity index (χ3n) is 5.13. The van der Waals surface area contributed by atoms with Crippen LogP contribution in [0.4, 0.5) is 5.69 Å². The molecule has 0 radical (unpaired) electrons. The van der Waals surface area contributed by atoms with Gasteiger partial charge in [0.05, 0.1) is 22.7 Å². The van der Waals surface area contributed by atoms with Gasteiger partial charge in [-0.3, -0.25) is 4.79 Å². The Balaban J connectivity index is 1.97. The summed E-state index contributed by atoms with van der Waals surface area (Å²) in [5.74, 6) is 0.976. The van der Waals surface area contributed by atoms with Gasteiger partial charge in [-0.05, 0) is 56.3 Å². The van der Waals surface area contributed by atoms with Gasteiger partial charge in [-0.25, -0.2) is 8.42 Å². The zero-order valence-corrected chi connectivity index (χ0v) is 20.5. The van der Waals surface area contributed by atoms with Crippen LogP contribution >= 0.6 is 11.6 Å². The van der Waals surface area contributed by atoms with E-state index in [9.17, 15) is 13.2 Å². The van der Waals surface area contributed by atoms with E-state index in [0.29, 0.717) is 46.6 Å². The molecule has 176 valence electrons. The van der Waals surface area contributed by atoms with Crippen LogP contribution in [-0.4, -0.2) is 36.9 Å². The zero-order valence-electron chi connectivity index (χ0n) is 18.9. The van der Waals surface area contributed by atoms with Crippen molar-refractivity contribution in [3.8, 4) is 11.5 Å². The molecule has 1 amide bonds. The number of sulfonamides is 1. The van der Waals surface area contributed by atoms with Gasteiger partial charge >= 0.3 is 0 Å². The molecular weight excluding hydrogens is 466 g/mol. The summed E-state index contributed by atoms with van der Waals surface area (Å²) in [6, 6.07) is 11.1. The molecule has 1 N–H and O–H groups in total. The summed E-state index contributed by atoms with van der Waals surface area (Å²) in [6.07, 6.45) is 0.0224. The first-order valence-corrected chi connectivity index (χ1v) is 12.3. The Morgan fingerprint density at radius 2 is 1.79 bits per heavy atom. The number of benzene rings is 2. The average molecular weight is 492 g/mol. The third-order valence-corrected chi connectivity index (χ3v) is 7.43. The zero-order chi connectivity index (χ0) is 24.2. The van der Waals surface area contributed by atoms with Crippen LogP contribution in [0.15, 0.2) is 51.9 Å². The minimum atomic E-state index is -3.73. The van der Waals surface area contributed by atoms with E-state index in [0.717, 1.165) is 0 Å². The Kier molecular flexibility index (Phi) is 7.78. The van der Waals surface area contributed by atoms with E-state index in [1.165, 1.54) is 22.5 Å². The van der Waals surface area contributed by atoms with Crippen LogP contribution in [0.3, 0.4) is 0 Å². The number of aryl methyl sites for hydroxylation is 2. The molecule has 0 spiro atoms. The maximum Gasteiger partial charge on any atom is 0.243 e. The molecule has 0 unspecified atom stereocenters. The standard InChI is InChI=1S/C23H26ClN3O5S/c1-5-27(6-2)33(29,30)19-11-12-22(31-18-9-7-17(24)8-10-18)21(13-19)25-23(28)14-20-15(3)26-32-16(20)4/h7-13H,5-6,14H2,1-4H3,(H,25,28). The number of halogens is 1. The Hall–Kier alpha value is -2.88. The highest BCUT2D eigenvalue weighted by Gasteiger charge is 2.24. The van der Waals surface area contributed by atoms with Gasteiger partial charge in [-0.1, -0.05) is 30.6 Å². The lowest BCUT2D eigenvalue weighted by Crippen LogP contribution is -2.30. The lowest BCUT2D eigenvalue weighted by atomic mass is 10.1. The second-order valence-corrected chi connectivity index (χ2v) is 9.71. The average Bonchev–Trinajstić information content (AvgIpc) is 3.09. The normalized spacial score (nSPS) is 11.6. The van der Waals surface area contributed by atoms with Crippen LogP contribution in [0.2, 0.25) is 5.02 Å². The summed E-state index contributed by atoms with van der Waals surface area (Å²) in [5.41, 5.74) is 1.53. The molecule has 0 bridgehead atoms. The fourth-order valence-electron chi connectivity index (χ4n) is 3.31. The maximum atomic E-state index is 13.0. The van der Waals surface area contributed by atoms with Crippen molar-refractivity contribution in [3.05, 3.63) is 64.5 Å². The van der Waals surface area contributed by atoms with Crippen LogP contribution in [0, 0.1) is 13.8 Å². The topological polar surface area (TPSA) is 102 Å². The summed E-state index contributed by atoms with van der Waals surface area (Å²) in [4.78, 5) is 12.9. The number of nitrogens with one attached hydrogen (secondary N) is 1. The molecule has 3 rings (SSSR count). The van der Waals surface area contributed by atoms with E-state index in [1.54, 1.807) is 52.0 Å². The summed E-state index contributed by atoms with van der Waals surface area (Å²) >= 11 is 5.94. The number of hydrogen-bond acceptors (Lipinski definition) is 6. The van der Waals surface area contributed by atoms with Crippen molar-refractivity contribution in [1.29, 1.82) is 0 Å². The minimum absolute atomic E-state index is 0.0224. The number of amides is 1. The van der Waals surface area contributed by atoms with Crippen molar-refractivity contribution in [1.82, 2.24) is 9.46 Å². The van der Waals surface area contributed by atoms with Crippen molar-refractivity contribution in [3.63, 3.8) is 0 Å². The molecule has 1 aromatic heterocycles. The first-order chi connectivity index (χ1) is 15.6. The van der Waals surface area contributed by atoms with Crippen molar-refractivity contribution in [2.75, 3.05) is 18.4 Å². The van der Waals surface area contributed by atoms with E-state index >= 15 is 0 Å². The molecule has 3 aromatic rings. The summed E-state index contributed by atoms with van der Waals surface area (Å²) in [5, 5.41) is 7.20. The van der Waals surface area contributed by atoms with Gasteiger partial charge < -0.3 is 14.6 Å². The molecule has 0 fully saturated rings. The number of carbonyl (C=O) groups is 1. The molecule has 8 nitrogen and oxygen atoms in total. The van der Waals surface area contributed by atoms with E-state index in [-0.39, 0.29) is 22.9 Å². The number of rotatable bonds is 9. The van der Waals surface area contributed by atoms with Gasteiger partial charge in [0.1, 0.15) is 11.5 Å². The van der Waals surface area contributed by atoms with E-state index in [2.05, 4.69) is 10.5 Å². The monoisotopic (exact) mass is 491 g/mol. The third kappa shape index (κ3) is 5.73. The van der Waals surface area contributed by atoms with Gasteiger partial charge in [0.2, 0.25) is 15.9 Å². The number of anilines is 1. The predicted octanol–water partition coefficient (Wildman–Crippen LogP) is 4.95. The van der Waals surface area contributed by atoms with Crippen molar-refractivity contribution >= 4 is 33.2 Å². The Labute approximate surface area is 198 Å². The molecule has 0 aliphatic rings. The number of carbonyl (C=O) groups excluding carboxylic acids is 1. The molecule has 0 saturated heterocycles. The second kappa shape index (κ2) is 10.4. The van der Waals surface area contributed by atoms with Crippen LogP contribution in [0.5, 0.6) is 11.5 Å². The van der Waals surface area contributed by atoms with Gasteiger partial charge in [0, 0.05) is 23.7 Å². The number of hydrogen-bond donors (Lipinski definition) is 1. The Bertz CT molecular complexity index is 1220. The molecule has 0 aliphatic carbocycles. The van der Waals surface area contributed by atoms with Crippen molar-refractivity contribution in [2.45, 2.75) is 39.0 Å². The van der Waals surface area contributed by atoms with Crippen molar-refractivity contribution in [2.24, 2.45) is 0 Å². The van der Waals surface area contributed by atoms with Gasteiger partial charge in [-0.15, -0.1) is 0 Å². The molecule has 0 atom stereocenters. The Morgan fingerprint density at radius 1 is 1.12 bits per heavy atom. The maximum absolute atomic E-state index is 13.0. The van der Waals surface area contributed by atoms with Crippen LogP contribution in [-0.2, 0) is 21.2 Å². The van der Waals surface area contributed by atoms with Crippen LogP contribution in [0.25, 0.3) is 0 Å². The first kappa shape index (κ1) is 24.8. The first-order valence-electron chi connectivity index (χ1n) is 10.4. The second-order valence-electron chi connectivity index (χ2n) is 7.33. The smallest absolute Gasteiger partial charge is 0.243 e. The highest BCUT2D eigenvalue weighted by Crippen LogP contribution is 2.33. The molecular formula is C23H26ClN3O5S. The number of nitrogens with zero attached hydrogens (tertiary/aromatic N) is 2. The van der Waals surface area contributed by atoms with Gasteiger partial charge in [0.15, 0.2) is 5.75 Å². The fraction of sp³-hybridized carbons (Fsp3) is 0.304. The largest absolute Gasteiger partial charge is 0.455 e. The SMILES string of the molecule is CCN(CC)S(=O)(=O)c1ccc(Oc2ccc(Cl)cc2)c(NC(=O)Cc2c(C)noc2C)c1. The molecule has 2 aromatic carbocycles. The highest BCUT2D eigenvalue weighted by atomic mass is 35.5. The lowest BCUT2D eigenvalue weighted by Gasteiger charge is -2.20. The summed E-state index contributed by atoms with van der Waals surface area (Å²) in [7, 11) is -3.73. The molecule has 0 saturated carbocycles. The fourth-order valence-corrected chi connectivity index (χ4v) is 4.92. The quantitative estimate of drug-likeness (QED) is 0.454. The van der Waals surface area contributed by atoms with Crippen molar-refractivity contribution < 1.29 is 22.5 Å². The Morgan fingerprint density at radius 3 is 2.36 bits per heavy atom. The minimum Gasteiger partial charge on any atom is -0.455 e. The van der Waals surface area contributed by atoms with E-state index < -0.39 is 10.0 Å². The molecule has 10 heteroatoms. The molecule has 33 heavy (non-hydrogen) atoms. The van der Waals surface area contributed by atoms with Gasteiger partial charge in [-0.2, -0.15) is 4.31 Å². The molecule has 1 heterocycles. The van der Waals surface area contributed by atoms with Crippen LogP contribution in [0.1, 0.15) is 30.9 Å².